The molecule has 0 aliphatic heterocycles. The van der Waals surface area contributed by atoms with Crippen LogP contribution in [0, 0.1) is 6.92 Å². The van der Waals surface area contributed by atoms with E-state index in [0.717, 1.165) is 5.56 Å². The highest BCUT2D eigenvalue weighted by atomic mass is 35.5. The summed E-state index contributed by atoms with van der Waals surface area (Å²) in [5.41, 5.74) is 6.59. The van der Waals surface area contributed by atoms with Gasteiger partial charge in [0.05, 0.1) is 4.90 Å². The van der Waals surface area contributed by atoms with E-state index in [9.17, 15) is 13.2 Å². The summed E-state index contributed by atoms with van der Waals surface area (Å²) in [4.78, 5) is 20.2. The quantitative estimate of drug-likeness (QED) is 0.365. The summed E-state index contributed by atoms with van der Waals surface area (Å²) < 4.78 is 27.0. The monoisotopic (exact) mass is 443 g/mol. The third-order valence-corrected chi connectivity index (χ3v) is 6.95. The maximum Gasteiger partial charge on any atom is 0.255 e. The molecule has 1 heterocycles. The summed E-state index contributed by atoms with van der Waals surface area (Å²) in [6, 6.07) is 4.73. The zero-order valence-electron chi connectivity index (χ0n) is 16.0. The molecule has 11 heteroatoms. The number of amides is 1. The van der Waals surface area contributed by atoms with Gasteiger partial charge in [-0.3, -0.25) is 4.79 Å². The number of hydrogen-bond donors (Lipinski definition) is 2. The standard InChI is InChI=1S/C17H22ClN5O3S2/c1-5-23(6-2)28(25,26)11-8-7-10(3)12(9-11)20-16-13(15(19)24)14(18)21-17(22-16)27-4/h7-9H,5-6H2,1-4H3,(H2,19,24)(H,20,21,22). The van der Waals surface area contributed by atoms with E-state index in [1.54, 1.807) is 39.2 Å². The van der Waals surface area contributed by atoms with Crippen molar-refractivity contribution in [3.05, 3.63) is 34.5 Å². The van der Waals surface area contributed by atoms with Gasteiger partial charge in [0.25, 0.3) is 5.91 Å². The Morgan fingerprint density at radius 3 is 2.46 bits per heavy atom. The predicted octanol–water partition coefficient (Wildman–Crippen LogP) is 3.03. The second kappa shape index (κ2) is 9.08. The van der Waals surface area contributed by atoms with Crippen LogP contribution >= 0.6 is 23.4 Å². The summed E-state index contributed by atoms with van der Waals surface area (Å²) in [7, 11) is -3.64. The van der Waals surface area contributed by atoms with Gasteiger partial charge >= 0.3 is 0 Å². The molecule has 0 radical (unpaired) electrons. The first-order chi connectivity index (χ1) is 13.1. The Kier molecular flexibility index (Phi) is 7.27. The molecule has 0 unspecified atom stereocenters. The molecule has 1 aromatic carbocycles. The lowest BCUT2D eigenvalue weighted by atomic mass is 10.2. The first-order valence-corrected chi connectivity index (χ1v) is 11.5. The number of thioether (sulfide) groups is 1. The summed E-state index contributed by atoms with van der Waals surface area (Å²) >= 11 is 7.34. The number of halogens is 1. The molecule has 0 aliphatic rings. The van der Waals surface area contributed by atoms with Crippen LogP contribution in [0.15, 0.2) is 28.3 Å². The molecule has 8 nitrogen and oxygen atoms in total. The van der Waals surface area contributed by atoms with Crippen LogP contribution in [0.5, 0.6) is 0 Å². The van der Waals surface area contributed by atoms with Gasteiger partial charge in [0, 0.05) is 18.8 Å². The number of benzene rings is 1. The molecule has 0 bridgehead atoms. The third-order valence-electron chi connectivity index (χ3n) is 4.08. The van der Waals surface area contributed by atoms with Crippen LogP contribution in [0.1, 0.15) is 29.8 Å². The van der Waals surface area contributed by atoms with Crippen LogP contribution in [-0.4, -0.2) is 47.9 Å². The normalized spacial score (nSPS) is 11.6. The van der Waals surface area contributed by atoms with Crippen molar-refractivity contribution in [1.29, 1.82) is 0 Å². The molecule has 0 aliphatic carbocycles. The largest absolute Gasteiger partial charge is 0.365 e. The molecular formula is C17H22ClN5O3S2. The van der Waals surface area contributed by atoms with Gasteiger partial charge < -0.3 is 11.1 Å². The van der Waals surface area contributed by atoms with Crippen molar-refractivity contribution in [3.63, 3.8) is 0 Å². The third kappa shape index (κ3) is 4.57. The topological polar surface area (TPSA) is 118 Å². The fraction of sp³-hybridized carbons (Fsp3) is 0.353. The molecule has 0 saturated heterocycles. The number of primary amides is 1. The molecule has 0 atom stereocenters. The highest BCUT2D eigenvalue weighted by Gasteiger charge is 2.23. The summed E-state index contributed by atoms with van der Waals surface area (Å²) in [5, 5.41) is 3.27. The first kappa shape index (κ1) is 22.4. The molecule has 0 saturated carbocycles. The zero-order chi connectivity index (χ0) is 21.1. The van der Waals surface area contributed by atoms with Gasteiger partial charge in [0.1, 0.15) is 16.5 Å². The Labute approximate surface area is 173 Å². The lowest BCUT2D eigenvalue weighted by molar-refractivity contribution is 0.100. The van der Waals surface area contributed by atoms with E-state index in [1.807, 2.05) is 0 Å². The summed E-state index contributed by atoms with van der Waals surface area (Å²) in [5.74, 6) is -0.665. The minimum absolute atomic E-state index is 0.0594. The minimum atomic E-state index is -3.64. The van der Waals surface area contributed by atoms with E-state index in [2.05, 4.69) is 15.3 Å². The minimum Gasteiger partial charge on any atom is -0.365 e. The summed E-state index contributed by atoms with van der Waals surface area (Å²) in [6.45, 7) is 6.08. The highest BCUT2D eigenvalue weighted by Crippen LogP contribution is 2.30. The second-order valence-electron chi connectivity index (χ2n) is 5.78. The van der Waals surface area contributed by atoms with Crippen LogP contribution in [0.25, 0.3) is 0 Å². The molecule has 0 spiro atoms. The van der Waals surface area contributed by atoms with Crippen molar-refractivity contribution in [3.8, 4) is 0 Å². The number of nitrogens with one attached hydrogen (secondary N) is 1. The van der Waals surface area contributed by atoms with Crippen molar-refractivity contribution in [2.45, 2.75) is 30.8 Å². The van der Waals surface area contributed by atoms with Gasteiger partial charge in [-0.15, -0.1) is 0 Å². The second-order valence-corrected chi connectivity index (χ2v) is 8.85. The van der Waals surface area contributed by atoms with Crippen LogP contribution < -0.4 is 11.1 Å². The van der Waals surface area contributed by atoms with E-state index in [-0.39, 0.29) is 21.4 Å². The predicted molar refractivity (Wildman–Crippen MR) is 112 cm³/mol. The smallest absolute Gasteiger partial charge is 0.255 e. The van der Waals surface area contributed by atoms with Crippen molar-refractivity contribution in [2.75, 3.05) is 24.7 Å². The fourth-order valence-electron chi connectivity index (χ4n) is 2.55. The van der Waals surface area contributed by atoms with Gasteiger partial charge in [0.2, 0.25) is 10.0 Å². The molecular weight excluding hydrogens is 422 g/mol. The number of carbonyl (C=O) groups excluding carboxylic acids is 1. The number of aryl methyl sites for hydroxylation is 1. The average Bonchev–Trinajstić information content (AvgIpc) is 2.63. The number of rotatable bonds is 8. The van der Waals surface area contributed by atoms with Crippen LogP contribution in [0.3, 0.4) is 0 Å². The Balaban J connectivity index is 2.57. The van der Waals surface area contributed by atoms with Crippen LogP contribution in [0.2, 0.25) is 5.15 Å². The molecule has 0 fully saturated rings. The SMILES string of the molecule is CCN(CC)S(=O)(=O)c1ccc(C)c(Nc2nc(SC)nc(Cl)c2C(N)=O)c1. The maximum atomic E-state index is 12.8. The zero-order valence-corrected chi connectivity index (χ0v) is 18.4. The van der Waals surface area contributed by atoms with Gasteiger partial charge in [0.15, 0.2) is 5.16 Å². The van der Waals surface area contributed by atoms with Gasteiger partial charge in [-0.05, 0) is 30.9 Å². The van der Waals surface area contributed by atoms with E-state index < -0.39 is 15.9 Å². The van der Waals surface area contributed by atoms with Crippen molar-refractivity contribution < 1.29 is 13.2 Å². The summed E-state index contributed by atoms with van der Waals surface area (Å²) in [6.07, 6.45) is 1.77. The van der Waals surface area contributed by atoms with Crippen molar-refractivity contribution in [2.24, 2.45) is 5.73 Å². The number of sulfonamides is 1. The Hall–Kier alpha value is -1.88. The molecule has 1 amide bonds. The lowest BCUT2D eigenvalue weighted by Crippen LogP contribution is -2.30. The number of carbonyl (C=O) groups is 1. The fourth-order valence-corrected chi connectivity index (χ4v) is 4.71. The molecule has 3 N–H and O–H groups in total. The Morgan fingerprint density at radius 2 is 1.93 bits per heavy atom. The highest BCUT2D eigenvalue weighted by molar-refractivity contribution is 7.98. The molecule has 28 heavy (non-hydrogen) atoms. The Bertz CT molecular complexity index is 995. The molecule has 2 rings (SSSR count). The average molecular weight is 444 g/mol. The number of anilines is 2. The van der Waals surface area contributed by atoms with E-state index in [4.69, 9.17) is 17.3 Å². The van der Waals surface area contributed by atoms with Crippen LogP contribution in [0.4, 0.5) is 11.5 Å². The van der Waals surface area contributed by atoms with Crippen molar-refractivity contribution in [1.82, 2.24) is 14.3 Å². The van der Waals surface area contributed by atoms with Gasteiger partial charge in [-0.25, -0.2) is 18.4 Å². The number of nitrogens with two attached hydrogens (primary N) is 1. The van der Waals surface area contributed by atoms with Gasteiger partial charge in [-0.2, -0.15) is 4.31 Å². The molecule has 2 aromatic rings. The van der Waals surface area contributed by atoms with E-state index in [0.29, 0.717) is 23.9 Å². The number of aromatic nitrogens is 2. The number of nitrogens with zero attached hydrogens (tertiary/aromatic N) is 3. The molecule has 1 aromatic heterocycles. The Morgan fingerprint density at radius 1 is 1.29 bits per heavy atom. The number of hydrogen-bond acceptors (Lipinski definition) is 7. The maximum absolute atomic E-state index is 12.8. The van der Waals surface area contributed by atoms with E-state index >= 15 is 0 Å². The van der Waals surface area contributed by atoms with Crippen molar-refractivity contribution >= 4 is 50.8 Å². The van der Waals surface area contributed by atoms with Crippen LogP contribution in [-0.2, 0) is 10.0 Å². The first-order valence-electron chi connectivity index (χ1n) is 8.44. The van der Waals surface area contributed by atoms with Gasteiger partial charge in [-0.1, -0.05) is 43.3 Å². The van der Waals surface area contributed by atoms with E-state index in [1.165, 1.54) is 22.1 Å². The lowest BCUT2D eigenvalue weighted by Gasteiger charge is -2.20. The molecule has 152 valence electrons.